The minimum absolute atomic E-state index is 0.166. The molecular weight excluding hydrogens is 324 g/mol. The van der Waals surface area contributed by atoms with Crippen molar-refractivity contribution in [2.24, 2.45) is 0 Å². The maximum absolute atomic E-state index is 12.1. The van der Waals surface area contributed by atoms with Crippen molar-refractivity contribution in [2.45, 2.75) is 16.2 Å². The Kier molecular flexibility index (Phi) is 4.28. The van der Waals surface area contributed by atoms with Gasteiger partial charge >= 0.3 is 0 Å². The van der Waals surface area contributed by atoms with Crippen LogP contribution >= 0.6 is 34.4 Å². The molecule has 0 spiro atoms. The first-order chi connectivity index (χ1) is 10.2. The molecule has 0 radical (unpaired) electrons. The first-order valence-electron chi connectivity index (χ1n) is 5.99. The van der Waals surface area contributed by atoms with Crippen molar-refractivity contribution in [3.8, 4) is 0 Å². The summed E-state index contributed by atoms with van der Waals surface area (Å²) >= 11 is 4.42. The molecule has 0 aliphatic carbocycles. The zero-order chi connectivity index (χ0) is 14.7. The van der Waals surface area contributed by atoms with Gasteiger partial charge in [0.05, 0.1) is 0 Å². The summed E-state index contributed by atoms with van der Waals surface area (Å²) in [7, 11) is 0. The summed E-state index contributed by atoms with van der Waals surface area (Å²) < 4.78 is 0.866. The molecule has 0 aliphatic heterocycles. The van der Waals surface area contributed by atoms with Crippen molar-refractivity contribution in [3.63, 3.8) is 0 Å². The highest BCUT2D eigenvalue weighted by Crippen LogP contribution is 2.30. The number of rotatable bonds is 4. The van der Waals surface area contributed by atoms with E-state index in [0.717, 1.165) is 14.2 Å². The lowest BCUT2D eigenvalue weighted by atomic mass is 10.2. The Hall–Kier alpha value is -1.77. The lowest BCUT2D eigenvalue weighted by Gasteiger charge is -2.03. The average Bonchev–Trinajstić information content (AvgIpc) is 3.11. The number of aryl methyl sites for hydroxylation is 1. The van der Waals surface area contributed by atoms with Gasteiger partial charge in [0.25, 0.3) is 5.91 Å². The third-order valence-corrected chi connectivity index (χ3v) is 5.03. The zero-order valence-electron chi connectivity index (χ0n) is 10.9. The van der Waals surface area contributed by atoms with Gasteiger partial charge in [0, 0.05) is 22.0 Å². The molecule has 0 aliphatic rings. The largest absolute Gasteiger partial charge is 0.298 e. The van der Waals surface area contributed by atoms with Gasteiger partial charge in [0.15, 0.2) is 9.47 Å². The van der Waals surface area contributed by atoms with Gasteiger partial charge in [-0.3, -0.25) is 10.1 Å². The standard InChI is InChI=1S/C13H10N4OS3/c1-8-16-17-13(20-8)21-10-4-2-3-9(7-10)11(18)15-12-14-5-6-19-12/h2-7H,1H3,(H,14,15,18). The van der Waals surface area contributed by atoms with E-state index in [1.807, 2.05) is 30.5 Å². The Morgan fingerprint density at radius 3 is 2.95 bits per heavy atom. The molecule has 0 bridgehead atoms. The first-order valence-corrected chi connectivity index (χ1v) is 8.51. The van der Waals surface area contributed by atoms with Crippen LogP contribution in [0.4, 0.5) is 5.13 Å². The summed E-state index contributed by atoms with van der Waals surface area (Å²) in [4.78, 5) is 17.1. The van der Waals surface area contributed by atoms with Gasteiger partial charge in [0.2, 0.25) is 0 Å². The van der Waals surface area contributed by atoms with Gasteiger partial charge < -0.3 is 0 Å². The number of hydrogen-bond donors (Lipinski definition) is 1. The highest BCUT2D eigenvalue weighted by atomic mass is 32.2. The monoisotopic (exact) mass is 334 g/mol. The third kappa shape index (κ3) is 3.66. The number of nitrogens with zero attached hydrogens (tertiary/aromatic N) is 3. The Labute approximate surface area is 133 Å². The first kappa shape index (κ1) is 14.2. The van der Waals surface area contributed by atoms with E-state index in [1.54, 1.807) is 12.3 Å². The van der Waals surface area contributed by atoms with Crippen molar-refractivity contribution in [3.05, 3.63) is 46.4 Å². The molecule has 1 N–H and O–H groups in total. The lowest BCUT2D eigenvalue weighted by Crippen LogP contribution is -2.11. The van der Waals surface area contributed by atoms with E-state index in [0.29, 0.717) is 10.7 Å². The number of amides is 1. The molecule has 0 fully saturated rings. The predicted octanol–water partition coefficient (Wildman–Crippen LogP) is 3.71. The molecule has 106 valence electrons. The summed E-state index contributed by atoms with van der Waals surface area (Å²) in [6, 6.07) is 7.41. The van der Waals surface area contributed by atoms with Gasteiger partial charge in [-0.05, 0) is 25.1 Å². The normalized spacial score (nSPS) is 10.5. The van der Waals surface area contributed by atoms with Gasteiger partial charge in [-0.15, -0.1) is 21.5 Å². The minimum atomic E-state index is -0.166. The van der Waals surface area contributed by atoms with E-state index >= 15 is 0 Å². The van der Waals surface area contributed by atoms with Crippen LogP contribution in [0.5, 0.6) is 0 Å². The van der Waals surface area contributed by atoms with E-state index in [2.05, 4.69) is 20.5 Å². The summed E-state index contributed by atoms with van der Waals surface area (Å²) in [5.74, 6) is -0.166. The number of anilines is 1. The van der Waals surface area contributed by atoms with Crippen LogP contribution in [0, 0.1) is 6.92 Å². The topological polar surface area (TPSA) is 67.8 Å². The van der Waals surface area contributed by atoms with E-state index in [1.165, 1.54) is 34.4 Å². The van der Waals surface area contributed by atoms with E-state index in [9.17, 15) is 4.79 Å². The number of aromatic nitrogens is 3. The van der Waals surface area contributed by atoms with Crippen LogP contribution in [0.25, 0.3) is 0 Å². The smallest absolute Gasteiger partial charge is 0.257 e. The van der Waals surface area contributed by atoms with E-state index in [-0.39, 0.29) is 5.91 Å². The second-order valence-electron chi connectivity index (χ2n) is 4.01. The minimum Gasteiger partial charge on any atom is -0.298 e. The molecule has 3 aromatic rings. The van der Waals surface area contributed by atoms with Crippen molar-refractivity contribution < 1.29 is 4.79 Å². The molecule has 2 heterocycles. The highest BCUT2D eigenvalue weighted by Gasteiger charge is 2.10. The zero-order valence-corrected chi connectivity index (χ0v) is 13.4. The van der Waals surface area contributed by atoms with Gasteiger partial charge in [-0.25, -0.2) is 4.98 Å². The molecule has 8 heteroatoms. The molecule has 0 saturated carbocycles. The molecule has 1 amide bonds. The number of carbonyl (C=O) groups is 1. The van der Waals surface area contributed by atoms with Crippen molar-refractivity contribution in [1.29, 1.82) is 0 Å². The molecule has 3 rings (SSSR count). The Morgan fingerprint density at radius 2 is 2.24 bits per heavy atom. The second kappa shape index (κ2) is 6.33. The molecule has 2 aromatic heterocycles. The number of hydrogen-bond acceptors (Lipinski definition) is 7. The van der Waals surface area contributed by atoms with E-state index in [4.69, 9.17) is 0 Å². The summed E-state index contributed by atoms with van der Waals surface area (Å²) in [6.07, 6.45) is 1.66. The Bertz CT molecular complexity index is 754. The second-order valence-corrected chi connectivity index (χ2v) is 7.41. The van der Waals surface area contributed by atoms with Gasteiger partial charge in [-0.2, -0.15) is 0 Å². The number of benzene rings is 1. The van der Waals surface area contributed by atoms with Crippen LogP contribution in [0.2, 0.25) is 0 Å². The maximum Gasteiger partial charge on any atom is 0.257 e. The van der Waals surface area contributed by atoms with Crippen LogP contribution in [0.15, 0.2) is 45.1 Å². The average molecular weight is 334 g/mol. The van der Waals surface area contributed by atoms with Crippen molar-refractivity contribution >= 4 is 45.5 Å². The quantitative estimate of drug-likeness (QED) is 0.788. The number of thiazole rings is 1. The molecule has 0 unspecified atom stereocenters. The van der Waals surface area contributed by atoms with Crippen LogP contribution < -0.4 is 5.32 Å². The van der Waals surface area contributed by atoms with Crippen LogP contribution in [0.1, 0.15) is 15.4 Å². The maximum atomic E-state index is 12.1. The third-order valence-electron chi connectivity index (χ3n) is 2.46. The van der Waals surface area contributed by atoms with Gasteiger partial charge in [0.1, 0.15) is 5.01 Å². The Balaban J connectivity index is 1.74. The molecule has 5 nitrogen and oxygen atoms in total. The Morgan fingerprint density at radius 1 is 1.33 bits per heavy atom. The van der Waals surface area contributed by atoms with Crippen LogP contribution in [-0.2, 0) is 0 Å². The fourth-order valence-electron chi connectivity index (χ4n) is 1.58. The SMILES string of the molecule is Cc1nnc(Sc2cccc(C(=O)Nc3nccs3)c2)s1. The molecular formula is C13H10N4OS3. The van der Waals surface area contributed by atoms with E-state index < -0.39 is 0 Å². The molecule has 0 atom stereocenters. The fourth-order valence-corrected chi connectivity index (χ4v) is 3.95. The van der Waals surface area contributed by atoms with Gasteiger partial charge in [-0.1, -0.05) is 29.2 Å². The molecule has 1 aromatic carbocycles. The summed E-state index contributed by atoms with van der Waals surface area (Å²) in [5, 5.41) is 14.2. The van der Waals surface area contributed by atoms with Crippen LogP contribution in [-0.4, -0.2) is 21.1 Å². The van der Waals surface area contributed by atoms with Crippen LogP contribution in [0.3, 0.4) is 0 Å². The predicted molar refractivity (Wildman–Crippen MR) is 85.3 cm³/mol. The summed E-state index contributed by atoms with van der Waals surface area (Å²) in [6.45, 7) is 1.92. The molecule has 0 saturated heterocycles. The lowest BCUT2D eigenvalue weighted by molar-refractivity contribution is 0.102. The number of carbonyl (C=O) groups excluding carboxylic acids is 1. The van der Waals surface area contributed by atoms with Crippen molar-refractivity contribution in [2.75, 3.05) is 5.32 Å². The fraction of sp³-hybridized carbons (Fsp3) is 0.0769. The highest BCUT2D eigenvalue weighted by molar-refractivity contribution is 8.01. The van der Waals surface area contributed by atoms with Crippen molar-refractivity contribution in [1.82, 2.24) is 15.2 Å². The number of nitrogens with one attached hydrogen (secondary N) is 1. The molecule has 21 heavy (non-hydrogen) atoms. The summed E-state index contributed by atoms with van der Waals surface area (Å²) in [5.41, 5.74) is 0.594.